The van der Waals surface area contributed by atoms with Crippen molar-refractivity contribution in [1.82, 2.24) is 15.2 Å². The fourth-order valence-electron chi connectivity index (χ4n) is 5.75. The molecule has 2 aliphatic heterocycles. The monoisotopic (exact) mass is 492 g/mol. The van der Waals surface area contributed by atoms with Gasteiger partial charge in [0.2, 0.25) is 0 Å². The Morgan fingerprint density at radius 1 is 1.12 bits per heavy atom. The zero-order chi connectivity index (χ0) is 25.2. The predicted molar refractivity (Wildman–Crippen MR) is 136 cm³/mol. The smallest absolute Gasteiger partial charge is 0.256 e. The molecule has 0 bridgehead atoms. The van der Waals surface area contributed by atoms with Gasteiger partial charge in [-0.25, -0.2) is 4.98 Å². The zero-order valence-electron chi connectivity index (χ0n) is 21.5. The number of pyridine rings is 1. The third-order valence-electron chi connectivity index (χ3n) is 7.92. The van der Waals surface area contributed by atoms with Crippen molar-refractivity contribution in [3.05, 3.63) is 22.8 Å². The molecule has 1 amide bonds. The van der Waals surface area contributed by atoms with Crippen LogP contribution in [0.15, 0.2) is 12.1 Å². The van der Waals surface area contributed by atoms with Gasteiger partial charge in [0.25, 0.3) is 5.91 Å². The molecule has 0 aromatic carbocycles. The van der Waals surface area contributed by atoms with Crippen molar-refractivity contribution in [2.75, 3.05) is 38.6 Å². The molecule has 1 aromatic rings. The average Bonchev–Trinajstić information content (AvgIpc) is 2.82. The van der Waals surface area contributed by atoms with Crippen molar-refractivity contribution in [3.8, 4) is 0 Å². The highest BCUT2D eigenvalue weighted by atomic mass is 35.5. The number of ketones is 1. The van der Waals surface area contributed by atoms with Gasteiger partial charge in [-0.1, -0.05) is 39.3 Å². The highest BCUT2D eigenvalue weighted by Crippen LogP contribution is 2.39. The Morgan fingerprint density at radius 3 is 2.26 bits per heavy atom. The summed E-state index contributed by atoms with van der Waals surface area (Å²) >= 11 is 6.43. The first-order valence-electron chi connectivity index (χ1n) is 12.6. The van der Waals surface area contributed by atoms with Crippen LogP contribution in [0.25, 0.3) is 0 Å². The van der Waals surface area contributed by atoms with Gasteiger partial charge in [-0.2, -0.15) is 0 Å². The highest BCUT2D eigenvalue weighted by Gasteiger charge is 2.49. The van der Waals surface area contributed by atoms with E-state index >= 15 is 0 Å². The molecular formula is C26H41ClN4O3. The van der Waals surface area contributed by atoms with Gasteiger partial charge in [0.15, 0.2) is 5.78 Å². The molecule has 0 aliphatic carbocycles. The van der Waals surface area contributed by atoms with E-state index in [9.17, 15) is 14.7 Å². The van der Waals surface area contributed by atoms with E-state index in [4.69, 9.17) is 11.6 Å². The molecule has 8 heteroatoms. The maximum Gasteiger partial charge on any atom is 0.256 e. The van der Waals surface area contributed by atoms with E-state index in [1.54, 1.807) is 26.2 Å². The number of carbonyl (C=O) groups excluding carboxylic acids is 2. The lowest BCUT2D eigenvalue weighted by atomic mass is 9.70. The number of amides is 1. The number of aliphatic hydroxyl groups is 1. The first-order chi connectivity index (χ1) is 16.0. The van der Waals surface area contributed by atoms with E-state index in [1.807, 2.05) is 32.6 Å². The standard InChI is InChI=1S/C26H41ClN4O3/c1-16(2)26(34,17(3)4)23(32)21-15-19(18-9-12-28-13-10-18)11-14-31(21)22-8-7-20(24(27)29-22)25(33)30(5)6/h7-8,16-19,21,28,34H,9-15H2,1-6H3/t19?,21-/m1/s1. The maximum absolute atomic E-state index is 14.0. The Kier molecular flexibility index (Phi) is 8.64. The van der Waals surface area contributed by atoms with Gasteiger partial charge >= 0.3 is 0 Å². The number of nitrogens with one attached hydrogen (secondary N) is 1. The summed E-state index contributed by atoms with van der Waals surface area (Å²) in [6.07, 6.45) is 3.90. The van der Waals surface area contributed by atoms with Crippen LogP contribution in [0.2, 0.25) is 5.15 Å². The van der Waals surface area contributed by atoms with Crippen molar-refractivity contribution in [1.29, 1.82) is 0 Å². The quantitative estimate of drug-likeness (QED) is 0.565. The van der Waals surface area contributed by atoms with Gasteiger partial charge in [0, 0.05) is 20.6 Å². The minimum Gasteiger partial charge on any atom is -0.381 e. The van der Waals surface area contributed by atoms with E-state index in [0.717, 1.165) is 32.4 Å². The Hall–Kier alpha value is -1.70. The summed E-state index contributed by atoms with van der Waals surface area (Å²) in [5.41, 5.74) is -1.09. The lowest BCUT2D eigenvalue weighted by Gasteiger charge is -2.46. The van der Waals surface area contributed by atoms with E-state index in [0.29, 0.717) is 36.2 Å². The molecule has 190 valence electrons. The van der Waals surface area contributed by atoms with Crippen LogP contribution in [0.4, 0.5) is 5.82 Å². The van der Waals surface area contributed by atoms with Gasteiger partial charge in [-0.15, -0.1) is 0 Å². The molecule has 1 aromatic heterocycles. The molecule has 2 N–H and O–H groups in total. The first kappa shape index (κ1) is 26.9. The number of carbonyl (C=O) groups is 2. The fraction of sp³-hybridized carbons (Fsp3) is 0.731. The van der Waals surface area contributed by atoms with Crippen molar-refractivity contribution >= 4 is 29.1 Å². The maximum atomic E-state index is 14.0. The second kappa shape index (κ2) is 10.9. The summed E-state index contributed by atoms with van der Waals surface area (Å²) in [5, 5.41) is 15.2. The van der Waals surface area contributed by atoms with Crippen molar-refractivity contribution in [3.63, 3.8) is 0 Å². The number of rotatable bonds is 7. The van der Waals surface area contributed by atoms with Crippen LogP contribution >= 0.6 is 11.6 Å². The van der Waals surface area contributed by atoms with Crippen molar-refractivity contribution < 1.29 is 14.7 Å². The number of halogens is 1. The summed E-state index contributed by atoms with van der Waals surface area (Å²) in [5.74, 6) is 0.827. The Bertz CT molecular complexity index is 875. The molecule has 2 fully saturated rings. The number of piperidine rings is 2. The third-order valence-corrected chi connectivity index (χ3v) is 8.20. The Balaban J connectivity index is 1.97. The minimum atomic E-state index is -1.43. The van der Waals surface area contributed by atoms with Gasteiger partial charge < -0.3 is 20.2 Å². The lowest BCUT2D eigenvalue weighted by Crippen LogP contribution is -2.60. The largest absolute Gasteiger partial charge is 0.381 e. The number of nitrogens with zero attached hydrogens (tertiary/aromatic N) is 3. The van der Waals surface area contributed by atoms with E-state index in [2.05, 4.69) is 10.3 Å². The second-order valence-corrected chi connectivity index (χ2v) is 11.1. The number of hydrogen-bond donors (Lipinski definition) is 2. The van der Waals surface area contributed by atoms with Gasteiger partial charge in [0.05, 0.1) is 11.6 Å². The minimum absolute atomic E-state index is 0.130. The van der Waals surface area contributed by atoms with Gasteiger partial charge in [-0.3, -0.25) is 9.59 Å². The Morgan fingerprint density at radius 2 is 1.74 bits per heavy atom. The normalized spacial score (nSPS) is 22.4. The molecule has 3 heterocycles. The number of anilines is 1. The molecule has 0 radical (unpaired) electrons. The van der Waals surface area contributed by atoms with Crippen LogP contribution in [-0.4, -0.2) is 72.1 Å². The molecular weight excluding hydrogens is 452 g/mol. The van der Waals surface area contributed by atoms with Crippen LogP contribution in [0, 0.1) is 23.7 Å². The van der Waals surface area contributed by atoms with Gasteiger partial charge in [0.1, 0.15) is 16.6 Å². The summed E-state index contributed by atoms with van der Waals surface area (Å²) in [6, 6.07) is 2.98. The summed E-state index contributed by atoms with van der Waals surface area (Å²) in [6.45, 7) is 10.3. The molecule has 3 rings (SSSR count). The fourth-order valence-corrected chi connectivity index (χ4v) is 5.98. The van der Waals surface area contributed by atoms with Crippen LogP contribution in [0.5, 0.6) is 0 Å². The molecule has 2 saturated heterocycles. The summed E-state index contributed by atoms with van der Waals surface area (Å²) in [4.78, 5) is 34.5. The first-order valence-corrected chi connectivity index (χ1v) is 13.0. The van der Waals surface area contributed by atoms with Crippen LogP contribution < -0.4 is 10.2 Å². The molecule has 34 heavy (non-hydrogen) atoms. The molecule has 2 atom stereocenters. The summed E-state index contributed by atoms with van der Waals surface area (Å²) < 4.78 is 0. The van der Waals surface area contributed by atoms with Crippen LogP contribution in [0.1, 0.15) is 63.7 Å². The molecule has 1 unspecified atom stereocenters. The SMILES string of the molecule is CC(C)C(O)(C(=O)[C@H]1CC(C2CCNCC2)CCN1c1ccc(C(=O)N(C)C)c(Cl)n1)C(C)C. The summed E-state index contributed by atoms with van der Waals surface area (Å²) in [7, 11) is 3.34. The molecule has 2 aliphatic rings. The molecule has 0 saturated carbocycles. The van der Waals surface area contributed by atoms with Crippen LogP contribution in [-0.2, 0) is 4.79 Å². The highest BCUT2D eigenvalue weighted by molar-refractivity contribution is 6.32. The average molecular weight is 493 g/mol. The molecule has 0 spiro atoms. The van der Waals surface area contributed by atoms with Gasteiger partial charge in [-0.05, 0) is 74.6 Å². The Labute approximate surface area is 209 Å². The van der Waals surface area contributed by atoms with Crippen molar-refractivity contribution in [2.45, 2.75) is 65.0 Å². The lowest BCUT2D eigenvalue weighted by molar-refractivity contribution is -0.150. The predicted octanol–water partition coefficient (Wildman–Crippen LogP) is 3.63. The number of hydrogen-bond acceptors (Lipinski definition) is 6. The van der Waals surface area contributed by atoms with Crippen molar-refractivity contribution in [2.24, 2.45) is 23.7 Å². The number of aromatic nitrogens is 1. The molecule has 7 nitrogen and oxygen atoms in total. The van der Waals surface area contributed by atoms with E-state index in [-0.39, 0.29) is 28.7 Å². The topological polar surface area (TPSA) is 85.8 Å². The zero-order valence-corrected chi connectivity index (χ0v) is 22.2. The van der Waals surface area contributed by atoms with E-state index < -0.39 is 11.6 Å². The third kappa shape index (κ3) is 5.26. The van der Waals surface area contributed by atoms with Crippen LogP contribution in [0.3, 0.4) is 0 Å². The number of Topliss-reactive ketones (excluding diaryl/α,β-unsaturated/α-hetero) is 1. The van der Waals surface area contributed by atoms with E-state index in [1.165, 1.54) is 4.90 Å². The second-order valence-electron chi connectivity index (χ2n) is 10.8.